The fraction of sp³-hybridized carbons (Fsp3) is 0.263. The number of methoxy groups -OCH3 is 1. The Labute approximate surface area is 153 Å². The van der Waals surface area contributed by atoms with E-state index >= 15 is 0 Å². The van der Waals surface area contributed by atoms with Crippen LogP contribution < -0.4 is 10.6 Å². The average Bonchev–Trinajstić information content (AvgIpc) is 2.96. The number of anilines is 2. The molecule has 0 aliphatic rings. The Morgan fingerprint density at radius 3 is 2.85 bits per heavy atom. The second-order valence-corrected chi connectivity index (χ2v) is 5.99. The number of hydrogen-bond donors (Lipinski definition) is 3. The summed E-state index contributed by atoms with van der Waals surface area (Å²) in [5, 5.41) is 16.3. The molecule has 0 unspecified atom stereocenters. The number of rotatable bonds is 4. The number of ether oxygens (including phenoxy) is 1. The number of pyridine rings is 1. The second-order valence-electron chi connectivity index (χ2n) is 5.99. The van der Waals surface area contributed by atoms with Gasteiger partial charge in [0.1, 0.15) is 5.69 Å². The number of carbonyl (C=O) groups excluding carboxylic acids is 1. The third-order valence-corrected chi connectivity index (χ3v) is 4.28. The topological polar surface area (TPSA) is 87.9 Å². The van der Waals surface area contributed by atoms with E-state index in [1.165, 1.54) is 7.11 Å². The average molecular weight is 355 g/mol. The zero-order valence-corrected chi connectivity index (χ0v) is 15.0. The van der Waals surface area contributed by atoms with Crippen LogP contribution in [0.3, 0.4) is 0 Å². The van der Waals surface area contributed by atoms with E-state index in [1.807, 2.05) is 31.2 Å². The number of fused-ring (bicyclic) bond motifs is 1. The molecule has 3 N–H and O–H groups in total. The summed E-state index contributed by atoms with van der Waals surface area (Å²) in [6, 6.07) is 9.27. The highest BCUT2D eigenvalue weighted by molar-refractivity contribution is 5.86. The minimum absolute atomic E-state index is 0.0329. The lowest BCUT2D eigenvalue weighted by Gasteiger charge is -2.15. The number of benzene rings is 1. The molecule has 7 heteroatoms. The molecule has 1 amide bonds. The van der Waals surface area contributed by atoms with Gasteiger partial charge in [-0.3, -0.25) is 9.72 Å². The number of aromatic nitrogens is 2. The number of amides is 1. The molecule has 0 bridgehead atoms. The van der Waals surface area contributed by atoms with Crippen molar-refractivity contribution >= 4 is 23.1 Å². The van der Waals surface area contributed by atoms with Gasteiger partial charge in [0.2, 0.25) is 5.88 Å². The van der Waals surface area contributed by atoms with Gasteiger partial charge >= 0.3 is 6.09 Å². The van der Waals surface area contributed by atoms with Crippen LogP contribution in [0.25, 0.3) is 5.65 Å². The Morgan fingerprint density at radius 1 is 1.31 bits per heavy atom. The first-order valence-corrected chi connectivity index (χ1v) is 8.12. The molecule has 2 aromatic heterocycles. The Balaban J connectivity index is 1.94. The van der Waals surface area contributed by atoms with Crippen LogP contribution in [0.2, 0.25) is 0 Å². The van der Waals surface area contributed by atoms with Gasteiger partial charge in [-0.25, -0.2) is 9.78 Å². The van der Waals surface area contributed by atoms with Gasteiger partial charge in [-0.15, -0.1) is 0 Å². The van der Waals surface area contributed by atoms with Crippen LogP contribution in [0.15, 0.2) is 30.3 Å². The number of carbonyl (C=O) groups is 1. The molecular formula is C19H22N4O3. The first-order valence-electron chi connectivity index (χ1n) is 8.83. The summed E-state index contributed by atoms with van der Waals surface area (Å²) in [6.07, 6.45) is -0.530. The summed E-state index contributed by atoms with van der Waals surface area (Å²) in [5.74, 6) is 0.0415. The SMILES string of the molecule is [2H]Cc1ccc(NCc2c(C)cccc2NC(=O)OC)c2nc(C)c(O)n12. The minimum Gasteiger partial charge on any atom is -0.493 e. The molecule has 0 saturated heterocycles. The lowest BCUT2D eigenvalue weighted by atomic mass is 10.1. The first-order chi connectivity index (χ1) is 13.0. The zero-order valence-electron chi connectivity index (χ0n) is 16.0. The van der Waals surface area contributed by atoms with Crippen molar-refractivity contribution in [1.29, 1.82) is 0 Å². The minimum atomic E-state index is -0.530. The predicted molar refractivity (Wildman–Crippen MR) is 101 cm³/mol. The van der Waals surface area contributed by atoms with Crippen molar-refractivity contribution in [3.8, 4) is 5.88 Å². The van der Waals surface area contributed by atoms with Gasteiger partial charge in [-0.05, 0) is 50.1 Å². The van der Waals surface area contributed by atoms with Gasteiger partial charge in [0.25, 0.3) is 0 Å². The molecule has 136 valence electrons. The molecule has 2 heterocycles. The van der Waals surface area contributed by atoms with Crippen molar-refractivity contribution in [2.24, 2.45) is 0 Å². The van der Waals surface area contributed by atoms with E-state index < -0.39 is 6.09 Å². The molecule has 1 aromatic carbocycles. The van der Waals surface area contributed by atoms with Crippen LogP contribution in [0, 0.1) is 20.7 Å². The summed E-state index contributed by atoms with van der Waals surface area (Å²) in [4.78, 5) is 16.0. The van der Waals surface area contributed by atoms with Crippen LogP contribution in [-0.4, -0.2) is 27.7 Å². The molecular weight excluding hydrogens is 332 g/mol. The smallest absolute Gasteiger partial charge is 0.411 e. The molecule has 0 atom stereocenters. The third kappa shape index (κ3) is 3.15. The van der Waals surface area contributed by atoms with Crippen LogP contribution in [-0.2, 0) is 11.3 Å². The Bertz CT molecular complexity index is 1000. The predicted octanol–water partition coefficient (Wildman–Crippen LogP) is 3.76. The summed E-state index contributed by atoms with van der Waals surface area (Å²) in [6.45, 7) is 4.16. The molecule has 7 nitrogen and oxygen atoms in total. The fourth-order valence-electron chi connectivity index (χ4n) is 2.84. The molecule has 26 heavy (non-hydrogen) atoms. The summed E-state index contributed by atoms with van der Waals surface area (Å²) >= 11 is 0. The van der Waals surface area contributed by atoms with E-state index in [4.69, 9.17) is 1.37 Å². The summed E-state index contributed by atoms with van der Waals surface area (Å²) in [5.41, 5.74) is 5.03. The highest BCUT2D eigenvalue weighted by Gasteiger charge is 2.14. The zero-order chi connectivity index (χ0) is 19.6. The maximum absolute atomic E-state index is 11.6. The van der Waals surface area contributed by atoms with Gasteiger partial charge in [-0.1, -0.05) is 12.1 Å². The first kappa shape index (κ1) is 16.3. The summed E-state index contributed by atoms with van der Waals surface area (Å²) in [7, 11) is 1.32. The maximum Gasteiger partial charge on any atom is 0.411 e. The van der Waals surface area contributed by atoms with E-state index in [0.29, 0.717) is 29.3 Å². The largest absolute Gasteiger partial charge is 0.493 e. The van der Waals surface area contributed by atoms with Crippen LogP contribution in [0.5, 0.6) is 5.88 Å². The van der Waals surface area contributed by atoms with Crippen molar-refractivity contribution in [3.63, 3.8) is 0 Å². The van der Waals surface area contributed by atoms with Crippen molar-refractivity contribution in [1.82, 2.24) is 9.38 Å². The molecule has 0 radical (unpaired) electrons. The highest BCUT2D eigenvalue weighted by atomic mass is 16.5. The highest BCUT2D eigenvalue weighted by Crippen LogP contribution is 2.27. The van der Waals surface area contributed by atoms with Crippen LogP contribution in [0.1, 0.15) is 23.9 Å². The number of hydrogen-bond acceptors (Lipinski definition) is 5. The number of imidazole rings is 1. The van der Waals surface area contributed by atoms with Gasteiger partial charge in [-0.2, -0.15) is 0 Å². The quantitative estimate of drug-likeness (QED) is 0.663. The number of nitrogens with zero attached hydrogens (tertiary/aromatic N) is 2. The van der Waals surface area contributed by atoms with E-state index in [9.17, 15) is 9.90 Å². The number of nitrogens with one attached hydrogen (secondary N) is 2. The van der Waals surface area contributed by atoms with Gasteiger partial charge in [0.05, 0.1) is 12.8 Å². The van der Waals surface area contributed by atoms with Crippen molar-refractivity contribution in [3.05, 3.63) is 52.8 Å². The van der Waals surface area contributed by atoms with Crippen LogP contribution >= 0.6 is 0 Å². The number of aryl methyl sites for hydroxylation is 3. The van der Waals surface area contributed by atoms with E-state index in [1.54, 1.807) is 17.4 Å². The number of aromatic hydroxyl groups is 1. The molecule has 0 saturated carbocycles. The van der Waals surface area contributed by atoms with E-state index in [0.717, 1.165) is 16.8 Å². The molecule has 3 aromatic rings. The van der Waals surface area contributed by atoms with Gasteiger partial charge in [0, 0.05) is 19.3 Å². The van der Waals surface area contributed by atoms with Crippen molar-refractivity contribution in [2.45, 2.75) is 27.3 Å². The Morgan fingerprint density at radius 2 is 2.12 bits per heavy atom. The molecule has 0 fully saturated rings. The van der Waals surface area contributed by atoms with Gasteiger partial charge < -0.3 is 15.2 Å². The standard InChI is InChI=1S/C19H22N4O3/c1-11-6-5-7-15(22-19(25)26-4)14(11)10-20-16-9-8-12(2)23-17(16)21-13(3)18(23)24/h5-9,20,24H,10H2,1-4H3,(H,22,25)/i2D. The molecule has 3 rings (SSSR count). The lowest BCUT2D eigenvalue weighted by molar-refractivity contribution is 0.187. The van der Waals surface area contributed by atoms with E-state index in [2.05, 4.69) is 20.4 Å². The third-order valence-electron chi connectivity index (χ3n) is 4.28. The normalized spacial score (nSPS) is 11.3. The Kier molecular flexibility index (Phi) is 4.35. The lowest BCUT2D eigenvalue weighted by Crippen LogP contribution is -2.14. The summed E-state index contributed by atoms with van der Waals surface area (Å²) < 4.78 is 13.9. The fourth-order valence-corrected chi connectivity index (χ4v) is 2.84. The maximum atomic E-state index is 11.6. The van der Waals surface area contributed by atoms with Crippen molar-refractivity contribution in [2.75, 3.05) is 17.7 Å². The molecule has 0 spiro atoms. The Hall–Kier alpha value is -3.22. The van der Waals surface area contributed by atoms with Crippen molar-refractivity contribution < 1.29 is 16.0 Å². The second kappa shape index (κ2) is 6.95. The molecule has 0 aliphatic carbocycles. The van der Waals surface area contributed by atoms with Crippen LogP contribution in [0.4, 0.5) is 16.2 Å². The van der Waals surface area contributed by atoms with Gasteiger partial charge in [0.15, 0.2) is 5.65 Å². The monoisotopic (exact) mass is 355 g/mol. The van der Waals surface area contributed by atoms with E-state index in [-0.39, 0.29) is 12.8 Å². The molecule has 0 aliphatic heterocycles.